The van der Waals surface area contributed by atoms with Crippen LogP contribution in [0.25, 0.3) is 0 Å². The molecule has 0 saturated carbocycles. The smallest absolute Gasteiger partial charge is 0.222 e. The quantitative estimate of drug-likeness (QED) is 0.899. The largest absolute Gasteiger partial charge is 0.349 e. The molecule has 2 heterocycles. The second-order valence-electron chi connectivity index (χ2n) is 3.84. The Hall–Kier alpha value is -0.290. The van der Waals surface area contributed by atoms with Crippen molar-refractivity contribution in [1.82, 2.24) is 9.97 Å². The lowest BCUT2D eigenvalue weighted by molar-refractivity contribution is 0.572. The molecule has 0 aromatic carbocycles. The third-order valence-corrected chi connectivity index (χ3v) is 4.32. The normalized spacial score (nSPS) is 24.1. The molecule has 1 unspecified atom stereocenters. The van der Waals surface area contributed by atoms with Gasteiger partial charge in [0, 0.05) is 22.9 Å². The first-order valence-corrected chi connectivity index (χ1v) is 6.24. The van der Waals surface area contributed by atoms with E-state index in [0.717, 1.165) is 10.2 Å². The number of thioether (sulfide) groups is 1. The molecular formula is C9H12BrN3S. The number of aromatic nitrogens is 2. The van der Waals surface area contributed by atoms with Crippen LogP contribution >= 0.6 is 27.7 Å². The van der Waals surface area contributed by atoms with Gasteiger partial charge in [-0.25, -0.2) is 9.97 Å². The van der Waals surface area contributed by atoms with Crippen LogP contribution in [0.1, 0.15) is 13.8 Å². The molecule has 1 fully saturated rings. The summed E-state index contributed by atoms with van der Waals surface area (Å²) in [6, 6.07) is 0.480. The zero-order valence-electron chi connectivity index (χ0n) is 8.12. The van der Waals surface area contributed by atoms with Crippen LogP contribution in [-0.2, 0) is 0 Å². The molecule has 0 bridgehead atoms. The van der Waals surface area contributed by atoms with Gasteiger partial charge >= 0.3 is 0 Å². The van der Waals surface area contributed by atoms with Crippen LogP contribution in [0.5, 0.6) is 0 Å². The first kappa shape index (κ1) is 10.2. The molecule has 1 aliphatic rings. The summed E-state index contributed by atoms with van der Waals surface area (Å²) in [5.74, 6) is 1.85. The van der Waals surface area contributed by atoms with Crippen LogP contribution < -0.4 is 5.32 Å². The molecule has 2 rings (SSSR count). The molecule has 14 heavy (non-hydrogen) atoms. The molecule has 1 aromatic heterocycles. The zero-order valence-corrected chi connectivity index (χ0v) is 10.5. The van der Waals surface area contributed by atoms with Gasteiger partial charge in [0.15, 0.2) is 0 Å². The molecule has 76 valence electrons. The van der Waals surface area contributed by atoms with Crippen LogP contribution in [0.3, 0.4) is 0 Å². The van der Waals surface area contributed by atoms with Crippen molar-refractivity contribution in [3.8, 4) is 0 Å². The fourth-order valence-corrected chi connectivity index (χ4v) is 2.61. The maximum Gasteiger partial charge on any atom is 0.222 e. The number of nitrogens with zero attached hydrogens (tertiary/aromatic N) is 2. The highest BCUT2D eigenvalue weighted by atomic mass is 79.9. The van der Waals surface area contributed by atoms with Crippen molar-refractivity contribution >= 4 is 33.6 Å². The molecule has 0 radical (unpaired) electrons. The molecule has 3 nitrogen and oxygen atoms in total. The Kier molecular flexibility index (Phi) is 2.70. The Morgan fingerprint density at radius 3 is 2.57 bits per heavy atom. The molecule has 1 saturated heterocycles. The second-order valence-corrected chi connectivity index (χ2v) is 6.43. The Bertz CT molecular complexity index is 325. The lowest BCUT2D eigenvalue weighted by Gasteiger charge is -2.43. The van der Waals surface area contributed by atoms with E-state index in [-0.39, 0.29) is 0 Å². The molecule has 1 aliphatic heterocycles. The number of halogens is 1. The molecule has 0 spiro atoms. The molecular weight excluding hydrogens is 262 g/mol. The van der Waals surface area contributed by atoms with Gasteiger partial charge in [-0.15, -0.1) is 0 Å². The van der Waals surface area contributed by atoms with Crippen molar-refractivity contribution in [3.63, 3.8) is 0 Å². The summed E-state index contributed by atoms with van der Waals surface area (Å²) < 4.78 is 1.21. The standard InChI is InChI=1S/C9H12BrN3S/c1-9(2)7(5-14-9)13-8-11-3-6(10)4-12-8/h3-4,7H,5H2,1-2H3,(H,11,12,13). The number of rotatable bonds is 2. The monoisotopic (exact) mass is 273 g/mol. The Balaban J connectivity index is 2.01. The van der Waals surface area contributed by atoms with E-state index in [0.29, 0.717) is 16.7 Å². The molecule has 1 aromatic rings. The summed E-state index contributed by atoms with van der Waals surface area (Å²) in [6.07, 6.45) is 3.52. The van der Waals surface area contributed by atoms with Crippen LogP contribution in [0.4, 0.5) is 5.95 Å². The topological polar surface area (TPSA) is 37.8 Å². The Morgan fingerprint density at radius 2 is 2.14 bits per heavy atom. The highest BCUT2D eigenvalue weighted by molar-refractivity contribution is 9.10. The first-order valence-electron chi connectivity index (χ1n) is 4.46. The van der Waals surface area contributed by atoms with E-state index in [9.17, 15) is 0 Å². The van der Waals surface area contributed by atoms with Gasteiger partial charge in [-0.05, 0) is 29.8 Å². The number of nitrogens with one attached hydrogen (secondary N) is 1. The first-order chi connectivity index (χ1) is 6.58. The Morgan fingerprint density at radius 1 is 1.50 bits per heavy atom. The van der Waals surface area contributed by atoms with Crippen molar-refractivity contribution in [3.05, 3.63) is 16.9 Å². The summed E-state index contributed by atoms with van der Waals surface area (Å²) in [7, 11) is 0. The van der Waals surface area contributed by atoms with E-state index in [1.165, 1.54) is 0 Å². The molecule has 1 N–H and O–H groups in total. The number of hydrogen-bond acceptors (Lipinski definition) is 4. The fraction of sp³-hybridized carbons (Fsp3) is 0.556. The van der Waals surface area contributed by atoms with E-state index in [1.54, 1.807) is 12.4 Å². The molecule has 5 heteroatoms. The summed E-state index contributed by atoms with van der Waals surface area (Å²) in [4.78, 5) is 8.37. The van der Waals surface area contributed by atoms with Crippen LogP contribution in [-0.4, -0.2) is 26.5 Å². The van der Waals surface area contributed by atoms with E-state index < -0.39 is 0 Å². The Labute approximate surface area is 96.2 Å². The molecule has 0 amide bonds. The summed E-state index contributed by atoms with van der Waals surface area (Å²) >= 11 is 5.27. The maximum atomic E-state index is 4.19. The van der Waals surface area contributed by atoms with E-state index in [4.69, 9.17) is 0 Å². The zero-order chi connectivity index (χ0) is 10.2. The van der Waals surface area contributed by atoms with Crippen LogP contribution in [0.15, 0.2) is 16.9 Å². The number of anilines is 1. The van der Waals surface area contributed by atoms with Crippen molar-refractivity contribution in [2.45, 2.75) is 24.6 Å². The SMILES string of the molecule is CC1(C)SCC1Nc1ncc(Br)cn1. The van der Waals surface area contributed by atoms with Crippen molar-refractivity contribution in [2.24, 2.45) is 0 Å². The second kappa shape index (κ2) is 3.70. The highest BCUT2D eigenvalue weighted by Gasteiger charge is 2.39. The molecule has 1 atom stereocenters. The number of hydrogen-bond donors (Lipinski definition) is 1. The summed E-state index contributed by atoms with van der Waals surface area (Å²) in [6.45, 7) is 4.47. The summed E-state index contributed by atoms with van der Waals surface area (Å²) in [5, 5.41) is 3.33. The highest BCUT2D eigenvalue weighted by Crippen LogP contribution is 2.41. The van der Waals surface area contributed by atoms with Gasteiger partial charge in [0.1, 0.15) is 0 Å². The molecule has 0 aliphatic carbocycles. The average molecular weight is 274 g/mol. The lowest BCUT2D eigenvalue weighted by Crippen LogP contribution is -2.50. The fourth-order valence-electron chi connectivity index (χ4n) is 1.26. The van der Waals surface area contributed by atoms with Crippen molar-refractivity contribution in [2.75, 3.05) is 11.1 Å². The van der Waals surface area contributed by atoms with Crippen molar-refractivity contribution < 1.29 is 0 Å². The van der Waals surface area contributed by atoms with E-state index >= 15 is 0 Å². The lowest BCUT2D eigenvalue weighted by atomic mass is 10.0. The van der Waals surface area contributed by atoms with Gasteiger partial charge in [0.25, 0.3) is 0 Å². The van der Waals surface area contributed by atoms with Crippen molar-refractivity contribution in [1.29, 1.82) is 0 Å². The predicted octanol–water partition coefficient (Wildman–Crippen LogP) is 2.54. The maximum absolute atomic E-state index is 4.19. The minimum atomic E-state index is 0.302. The van der Waals surface area contributed by atoms with E-state index in [1.807, 2.05) is 11.8 Å². The van der Waals surface area contributed by atoms with E-state index in [2.05, 4.69) is 45.1 Å². The minimum Gasteiger partial charge on any atom is -0.349 e. The van der Waals surface area contributed by atoms with Gasteiger partial charge in [0.2, 0.25) is 5.95 Å². The van der Waals surface area contributed by atoms with Crippen LogP contribution in [0.2, 0.25) is 0 Å². The van der Waals surface area contributed by atoms with Gasteiger partial charge in [-0.3, -0.25) is 0 Å². The minimum absolute atomic E-state index is 0.302. The van der Waals surface area contributed by atoms with Gasteiger partial charge in [-0.1, -0.05) is 0 Å². The third-order valence-electron chi connectivity index (χ3n) is 2.38. The predicted molar refractivity (Wildman–Crippen MR) is 63.7 cm³/mol. The van der Waals surface area contributed by atoms with Gasteiger partial charge in [-0.2, -0.15) is 11.8 Å². The van der Waals surface area contributed by atoms with Crippen LogP contribution in [0, 0.1) is 0 Å². The van der Waals surface area contributed by atoms with Gasteiger partial charge in [0.05, 0.1) is 10.5 Å². The third kappa shape index (κ3) is 2.03. The average Bonchev–Trinajstić information content (AvgIpc) is 2.15. The van der Waals surface area contributed by atoms with Gasteiger partial charge < -0.3 is 5.32 Å². The summed E-state index contributed by atoms with van der Waals surface area (Å²) in [5.41, 5.74) is 0.